The monoisotopic (exact) mass is 435 g/mol. The molecule has 0 aromatic heterocycles. The van der Waals surface area contributed by atoms with Gasteiger partial charge < -0.3 is 10.4 Å². The van der Waals surface area contributed by atoms with Gasteiger partial charge in [-0.25, -0.2) is 4.79 Å². The number of rotatable bonds is 3. The first-order chi connectivity index (χ1) is 9.88. The number of anilines is 1. The molecular formula is C14H8Cl2INO3. The van der Waals surface area contributed by atoms with E-state index in [0.29, 0.717) is 5.56 Å². The van der Waals surface area contributed by atoms with E-state index in [1.807, 2.05) is 6.07 Å². The summed E-state index contributed by atoms with van der Waals surface area (Å²) in [5.74, 6) is -1.57. The van der Waals surface area contributed by atoms with Crippen LogP contribution in [0, 0.1) is 3.57 Å². The summed E-state index contributed by atoms with van der Waals surface area (Å²) >= 11 is 13.9. The van der Waals surface area contributed by atoms with Crippen molar-refractivity contribution < 1.29 is 14.7 Å². The fourth-order valence-electron chi connectivity index (χ4n) is 1.63. The second kappa shape index (κ2) is 6.64. The van der Waals surface area contributed by atoms with Gasteiger partial charge in [0.2, 0.25) is 0 Å². The molecule has 2 aromatic carbocycles. The number of hydrogen-bond donors (Lipinski definition) is 2. The molecule has 1 amide bonds. The van der Waals surface area contributed by atoms with E-state index in [1.165, 1.54) is 12.1 Å². The Morgan fingerprint density at radius 1 is 1.10 bits per heavy atom. The molecule has 108 valence electrons. The van der Waals surface area contributed by atoms with Gasteiger partial charge in [0.05, 0.1) is 21.3 Å². The van der Waals surface area contributed by atoms with Crippen molar-refractivity contribution in [3.8, 4) is 0 Å². The van der Waals surface area contributed by atoms with Crippen LogP contribution in [0.5, 0.6) is 0 Å². The molecule has 0 saturated heterocycles. The number of aromatic carboxylic acids is 1. The molecule has 0 unspecified atom stereocenters. The molecule has 4 nitrogen and oxygen atoms in total. The maximum absolute atomic E-state index is 12.1. The van der Waals surface area contributed by atoms with E-state index < -0.39 is 5.97 Å². The molecule has 0 radical (unpaired) electrons. The van der Waals surface area contributed by atoms with E-state index in [1.54, 1.807) is 18.2 Å². The van der Waals surface area contributed by atoms with Gasteiger partial charge in [-0.3, -0.25) is 4.79 Å². The number of carbonyl (C=O) groups excluding carboxylic acids is 1. The smallest absolute Gasteiger partial charge is 0.337 e. The SMILES string of the molecule is O=C(Nc1cc(C(=O)O)c(Cl)cc1Cl)c1cccc(I)c1. The molecule has 0 heterocycles. The summed E-state index contributed by atoms with van der Waals surface area (Å²) in [5, 5.41) is 11.8. The maximum Gasteiger partial charge on any atom is 0.337 e. The Kier molecular flexibility index (Phi) is 5.08. The van der Waals surface area contributed by atoms with Crippen molar-refractivity contribution in [3.05, 3.63) is 61.1 Å². The summed E-state index contributed by atoms with van der Waals surface area (Å²) in [6.45, 7) is 0. The first-order valence-corrected chi connectivity index (χ1v) is 7.51. The topological polar surface area (TPSA) is 66.4 Å². The molecule has 0 aliphatic carbocycles. The molecule has 7 heteroatoms. The Labute approximate surface area is 144 Å². The molecular weight excluding hydrogens is 428 g/mol. The average Bonchev–Trinajstić information content (AvgIpc) is 2.41. The number of carbonyl (C=O) groups is 2. The van der Waals surface area contributed by atoms with Gasteiger partial charge in [-0.2, -0.15) is 0 Å². The highest BCUT2D eigenvalue weighted by Gasteiger charge is 2.15. The maximum atomic E-state index is 12.1. The quantitative estimate of drug-likeness (QED) is 0.695. The Morgan fingerprint density at radius 3 is 2.43 bits per heavy atom. The first kappa shape index (κ1) is 16.1. The van der Waals surface area contributed by atoms with Crippen LogP contribution in [0.15, 0.2) is 36.4 Å². The molecule has 0 fully saturated rings. The second-order valence-corrected chi connectivity index (χ2v) is 6.14. The predicted molar refractivity (Wildman–Crippen MR) is 90.5 cm³/mol. The van der Waals surface area contributed by atoms with Crippen LogP contribution in [0.4, 0.5) is 5.69 Å². The zero-order valence-electron chi connectivity index (χ0n) is 10.4. The van der Waals surface area contributed by atoms with Crippen LogP contribution < -0.4 is 5.32 Å². The van der Waals surface area contributed by atoms with Crippen molar-refractivity contribution in [1.29, 1.82) is 0 Å². The van der Waals surface area contributed by atoms with Crippen LogP contribution in [0.2, 0.25) is 10.0 Å². The van der Waals surface area contributed by atoms with E-state index in [4.69, 9.17) is 28.3 Å². The van der Waals surface area contributed by atoms with Crippen molar-refractivity contribution in [2.45, 2.75) is 0 Å². The van der Waals surface area contributed by atoms with Crippen LogP contribution in [-0.2, 0) is 0 Å². The largest absolute Gasteiger partial charge is 0.478 e. The van der Waals surface area contributed by atoms with Gasteiger partial charge in [0.15, 0.2) is 0 Å². The Hall–Kier alpha value is -1.31. The summed E-state index contributed by atoms with van der Waals surface area (Å²) in [4.78, 5) is 23.2. The number of nitrogens with one attached hydrogen (secondary N) is 1. The molecule has 0 bridgehead atoms. The predicted octanol–water partition coefficient (Wildman–Crippen LogP) is 4.55. The van der Waals surface area contributed by atoms with Gasteiger partial charge in [0, 0.05) is 9.13 Å². The van der Waals surface area contributed by atoms with Gasteiger partial charge in [0.1, 0.15) is 0 Å². The van der Waals surface area contributed by atoms with E-state index in [0.717, 1.165) is 3.57 Å². The normalized spacial score (nSPS) is 10.2. The number of amides is 1. The van der Waals surface area contributed by atoms with E-state index >= 15 is 0 Å². The Balaban J connectivity index is 2.33. The summed E-state index contributed by atoms with van der Waals surface area (Å²) in [6.07, 6.45) is 0. The molecule has 2 N–H and O–H groups in total. The Morgan fingerprint density at radius 2 is 1.81 bits per heavy atom. The van der Waals surface area contributed by atoms with Crippen molar-refractivity contribution in [1.82, 2.24) is 0 Å². The summed E-state index contributed by atoms with van der Waals surface area (Å²) in [6, 6.07) is 9.49. The number of benzene rings is 2. The van der Waals surface area contributed by atoms with E-state index in [2.05, 4.69) is 27.9 Å². The highest BCUT2D eigenvalue weighted by molar-refractivity contribution is 14.1. The molecule has 2 rings (SSSR count). The fourth-order valence-corrected chi connectivity index (χ4v) is 2.69. The lowest BCUT2D eigenvalue weighted by Crippen LogP contribution is -2.13. The number of carboxylic acids is 1. The van der Waals surface area contributed by atoms with Crippen molar-refractivity contribution in [3.63, 3.8) is 0 Å². The molecule has 21 heavy (non-hydrogen) atoms. The fraction of sp³-hybridized carbons (Fsp3) is 0. The van der Waals surface area contributed by atoms with Gasteiger partial charge in [0.25, 0.3) is 5.91 Å². The number of hydrogen-bond acceptors (Lipinski definition) is 2. The third-order valence-electron chi connectivity index (χ3n) is 2.62. The average molecular weight is 436 g/mol. The van der Waals surface area contributed by atoms with Crippen LogP contribution in [0.25, 0.3) is 0 Å². The van der Waals surface area contributed by atoms with Crippen molar-refractivity contribution >= 4 is 63.4 Å². The Bertz CT molecular complexity index is 734. The number of carboxylic acid groups (broad SMARTS) is 1. The van der Waals surface area contributed by atoms with Crippen molar-refractivity contribution in [2.24, 2.45) is 0 Å². The summed E-state index contributed by atoms with van der Waals surface area (Å²) in [7, 11) is 0. The van der Waals surface area contributed by atoms with E-state index in [-0.39, 0.29) is 27.2 Å². The third-order valence-corrected chi connectivity index (χ3v) is 3.92. The van der Waals surface area contributed by atoms with Crippen molar-refractivity contribution in [2.75, 3.05) is 5.32 Å². The lowest BCUT2D eigenvalue weighted by atomic mass is 10.1. The zero-order chi connectivity index (χ0) is 15.6. The molecule has 0 aliphatic rings. The van der Waals surface area contributed by atoms with Gasteiger partial charge in [-0.15, -0.1) is 0 Å². The summed E-state index contributed by atoms with van der Waals surface area (Å²) < 4.78 is 0.911. The van der Waals surface area contributed by atoms with Crippen LogP contribution in [0.3, 0.4) is 0 Å². The lowest BCUT2D eigenvalue weighted by molar-refractivity contribution is 0.0696. The zero-order valence-corrected chi connectivity index (χ0v) is 14.0. The standard InChI is InChI=1S/C14H8Cl2INO3/c15-10-6-11(16)12(5-9(10)14(20)21)18-13(19)7-2-1-3-8(17)4-7/h1-6H,(H,18,19)(H,20,21). The second-order valence-electron chi connectivity index (χ2n) is 4.08. The van der Waals surface area contributed by atoms with Crippen LogP contribution in [0.1, 0.15) is 20.7 Å². The van der Waals surface area contributed by atoms with E-state index in [9.17, 15) is 9.59 Å². The van der Waals surface area contributed by atoms with Crippen LogP contribution >= 0.6 is 45.8 Å². The lowest BCUT2D eigenvalue weighted by Gasteiger charge is -2.10. The van der Waals surface area contributed by atoms with Gasteiger partial charge >= 0.3 is 5.97 Å². The van der Waals surface area contributed by atoms with Crippen LogP contribution in [-0.4, -0.2) is 17.0 Å². The third kappa shape index (κ3) is 3.87. The highest BCUT2D eigenvalue weighted by Crippen LogP contribution is 2.29. The highest BCUT2D eigenvalue weighted by atomic mass is 127. The molecule has 0 atom stereocenters. The minimum atomic E-state index is -1.19. The molecule has 0 aliphatic heterocycles. The summed E-state index contributed by atoms with van der Waals surface area (Å²) in [5.41, 5.74) is 0.520. The number of halogens is 3. The molecule has 2 aromatic rings. The van der Waals surface area contributed by atoms with Gasteiger partial charge in [-0.05, 0) is 52.9 Å². The molecule has 0 spiro atoms. The van der Waals surface area contributed by atoms with Gasteiger partial charge in [-0.1, -0.05) is 29.3 Å². The first-order valence-electron chi connectivity index (χ1n) is 5.67. The minimum absolute atomic E-state index is 0.0137. The minimum Gasteiger partial charge on any atom is -0.478 e. The molecule has 0 saturated carbocycles.